The number of amides is 1. The van der Waals surface area contributed by atoms with Crippen molar-refractivity contribution in [2.45, 2.75) is 13.8 Å². The van der Waals surface area contributed by atoms with Crippen molar-refractivity contribution in [3.05, 3.63) is 47.7 Å². The number of nitrogens with two attached hydrogens (primary N) is 1. The number of hydrogen-bond acceptors (Lipinski definition) is 6. The SMILES string of the molecule is CC(=O)c1c(C=CC(N)=O)ccc(O)c1O.Cc1ncco1. The number of phenolic OH excluding ortho intramolecular Hbond substituents is 2. The number of primary amides is 1. The zero-order chi connectivity index (χ0) is 16.7. The number of phenols is 2. The van der Waals surface area contributed by atoms with Crippen molar-refractivity contribution in [3.8, 4) is 11.5 Å². The van der Waals surface area contributed by atoms with Gasteiger partial charge in [-0.2, -0.15) is 0 Å². The molecule has 2 aromatic rings. The molecule has 2 rings (SSSR count). The molecular weight excluding hydrogens is 288 g/mol. The Morgan fingerprint density at radius 2 is 2.00 bits per heavy atom. The van der Waals surface area contributed by atoms with Gasteiger partial charge in [0.25, 0.3) is 0 Å². The normalized spacial score (nSPS) is 10.1. The van der Waals surface area contributed by atoms with Crippen LogP contribution in [0.5, 0.6) is 11.5 Å². The first-order valence-electron chi connectivity index (χ1n) is 6.22. The predicted octanol–water partition coefficient (Wildman–Crippen LogP) is 1.78. The lowest BCUT2D eigenvalue weighted by Gasteiger charge is -2.06. The summed E-state index contributed by atoms with van der Waals surface area (Å²) in [5.41, 5.74) is 5.19. The summed E-state index contributed by atoms with van der Waals surface area (Å²) in [6.07, 6.45) is 5.54. The van der Waals surface area contributed by atoms with Crippen molar-refractivity contribution < 1.29 is 24.2 Å². The largest absolute Gasteiger partial charge is 0.504 e. The molecule has 116 valence electrons. The van der Waals surface area contributed by atoms with Crippen molar-refractivity contribution in [3.63, 3.8) is 0 Å². The Kier molecular flexibility index (Phi) is 5.88. The van der Waals surface area contributed by atoms with E-state index in [1.54, 1.807) is 19.4 Å². The summed E-state index contributed by atoms with van der Waals surface area (Å²) in [5.74, 6) is -1.25. The summed E-state index contributed by atoms with van der Waals surface area (Å²) in [4.78, 5) is 25.6. The third-order valence-electron chi connectivity index (χ3n) is 2.52. The van der Waals surface area contributed by atoms with Gasteiger partial charge in [0.2, 0.25) is 5.91 Å². The van der Waals surface area contributed by atoms with Crippen LogP contribution >= 0.6 is 0 Å². The number of benzene rings is 1. The summed E-state index contributed by atoms with van der Waals surface area (Å²) in [6.45, 7) is 3.05. The summed E-state index contributed by atoms with van der Waals surface area (Å²) >= 11 is 0. The Balaban J connectivity index is 0.000000335. The molecule has 1 amide bonds. The van der Waals surface area contributed by atoms with Crippen molar-refractivity contribution in [1.82, 2.24) is 4.98 Å². The maximum atomic E-state index is 11.3. The van der Waals surface area contributed by atoms with E-state index in [0.29, 0.717) is 5.56 Å². The zero-order valence-corrected chi connectivity index (χ0v) is 12.1. The molecule has 22 heavy (non-hydrogen) atoms. The predicted molar refractivity (Wildman–Crippen MR) is 79.2 cm³/mol. The van der Waals surface area contributed by atoms with Gasteiger partial charge in [0, 0.05) is 13.0 Å². The molecule has 0 saturated carbocycles. The quantitative estimate of drug-likeness (QED) is 0.450. The number of rotatable bonds is 3. The Hall–Kier alpha value is -3.09. The molecule has 0 fully saturated rings. The second kappa shape index (κ2) is 7.63. The van der Waals surface area contributed by atoms with E-state index in [1.807, 2.05) is 0 Å². The molecular formula is C15H16N2O5. The van der Waals surface area contributed by atoms with Gasteiger partial charge in [-0.25, -0.2) is 4.98 Å². The molecule has 7 nitrogen and oxygen atoms in total. The molecule has 0 atom stereocenters. The highest BCUT2D eigenvalue weighted by Gasteiger charge is 2.14. The summed E-state index contributed by atoms with van der Waals surface area (Å²) < 4.78 is 4.72. The van der Waals surface area contributed by atoms with Crippen LogP contribution in [0, 0.1) is 6.92 Å². The van der Waals surface area contributed by atoms with Crippen LogP contribution in [-0.4, -0.2) is 26.9 Å². The fraction of sp³-hybridized carbons (Fsp3) is 0.133. The van der Waals surface area contributed by atoms with Gasteiger partial charge < -0.3 is 20.4 Å². The van der Waals surface area contributed by atoms with E-state index in [4.69, 9.17) is 10.2 Å². The van der Waals surface area contributed by atoms with Crippen LogP contribution in [0.3, 0.4) is 0 Å². The molecule has 0 aliphatic heterocycles. The molecule has 0 aliphatic carbocycles. The van der Waals surface area contributed by atoms with Gasteiger partial charge in [-0.15, -0.1) is 0 Å². The number of aryl methyl sites for hydroxylation is 1. The fourth-order valence-electron chi connectivity index (χ4n) is 1.57. The van der Waals surface area contributed by atoms with E-state index in [2.05, 4.69) is 4.98 Å². The number of hydrogen-bond donors (Lipinski definition) is 3. The topological polar surface area (TPSA) is 127 Å². The summed E-state index contributed by atoms with van der Waals surface area (Å²) in [5, 5.41) is 18.7. The Morgan fingerprint density at radius 3 is 2.41 bits per heavy atom. The molecule has 1 aromatic carbocycles. The minimum atomic E-state index is -0.665. The Labute approximate surface area is 126 Å². The van der Waals surface area contributed by atoms with Crippen LogP contribution < -0.4 is 5.73 Å². The summed E-state index contributed by atoms with van der Waals surface area (Å²) in [6, 6.07) is 2.63. The van der Waals surface area contributed by atoms with Crippen LogP contribution in [0.4, 0.5) is 0 Å². The van der Waals surface area contributed by atoms with Gasteiger partial charge in [0.15, 0.2) is 23.2 Å². The van der Waals surface area contributed by atoms with E-state index < -0.39 is 17.4 Å². The van der Waals surface area contributed by atoms with Crippen molar-refractivity contribution >= 4 is 17.8 Å². The standard InChI is InChI=1S/C11H11NO4.C4H5NO/c1-6(13)10-7(3-5-9(12)15)2-4-8(14)11(10)16;1-4-5-2-3-6-4/h2-5,14,16H,1H3,(H2,12,15);2-3H,1H3. The third kappa shape index (κ3) is 4.78. The van der Waals surface area contributed by atoms with E-state index in [0.717, 1.165) is 12.0 Å². The number of Topliss-reactive ketones (excluding diaryl/α,β-unsaturated/α-hetero) is 1. The van der Waals surface area contributed by atoms with E-state index in [1.165, 1.54) is 25.1 Å². The maximum Gasteiger partial charge on any atom is 0.241 e. The Morgan fingerprint density at radius 1 is 1.32 bits per heavy atom. The molecule has 0 saturated heterocycles. The van der Waals surface area contributed by atoms with E-state index in [-0.39, 0.29) is 11.3 Å². The lowest BCUT2D eigenvalue weighted by Crippen LogP contribution is -2.05. The molecule has 0 radical (unpaired) electrons. The molecule has 7 heteroatoms. The molecule has 1 heterocycles. The highest BCUT2D eigenvalue weighted by Crippen LogP contribution is 2.32. The second-order valence-electron chi connectivity index (χ2n) is 4.24. The van der Waals surface area contributed by atoms with E-state index >= 15 is 0 Å². The third-order valence-corrected chi connectivity index (χ3v) is 2.52. The number of aromatic nitrogens is 1. The van der Waals surface area contributed by atoms with Gasteiger partial charge in [-0.3, -0.25) is 9.59 Å². The minimum Gasteiger partial charge on any atom is -0.504 e. The first kappa shape index (κ1) is 17.0. The van der Waals surface area contributed by atoms with Gasteiger partial charge in [0.05, 0.1) is 11.8 Å². The highest BCUT2D eigenvalue weighted by atomic mass is 16.3. The van der Waals surface area contributed by atoms with Crippen molar-refractivity contribution in [1.29, 1.82) is 0 Å². The number of oxazole rings is 1. The van der Waals surface area contributed by atoms with Gasteiger partial charge >= 0.3 is 0 Å². The molecule has 1 aromatic heterocycles. The van der Waals surface area contributed by atoms with Gasteiger partial charge in [-0.1, -0.05) is 6.07 Å². The first-order chi connectivity index (χ1) is 10.3. The second-order valence-corrected chi connectivity index (χ2v) is 4.24. The number of carbonyl (C=O) groups is 2. The number of ketones is 1. The average molecular weight is 304 g/mol. The van der Waals surface area contributed by atoms with Crippen molar-refractivity contribution in [2.75, 3.05) is 0 Å². The lowest BCUT2D eigenvalue weighted by molar-refractivity contribution is -0.113. The fourth-order valence-corrected chi connectivity index (χ4v) is 1.57. The molecule has 0 spiro atoms. The number of carbonyl (C=O) groups excluding carboxylic acids is 2. The van der Waals surface area contributed by atoms with Gasteiger partial charge in [0.1, 0.15) is 6.26 Å². The van der Waals surface area contributed by atoms with Gasteiger partial charge in [-0.05, 0) is 24.6 Å². The summed E-state index contributed by atoms with van der Waals surface area (Å²) in [7, 11) is 0. The number of aromatic hydroxyl groups is 2. The van der Waals surface area contributed by atoms with Crippen LogP contribution in [-0.2, 0) is 4.79 Å². The van der Waals surface area contributed by atoms with E-state index in [9.17, 15) is 19.8 Å². The van der Waals surface area contributed by atoms with Crippen LogP contribution in [0.2, 0.25) is 0 Å². The number of nitrogens with zero attached hydrogens (tertiary/aromatic N) is 1. The average Bonchev–Trinajstić information content (AvgIpc) is 2.91. The van der Waals surface area contributed by atoms with Crippen LogP contribution in [0.25, 0.3) is 6.08 Å². The highest BCUT2D eigenvalue weighted by molar-refractivity contribution is 6.02. The monoisotopic (exact) mass is 304 g/mol. The molecule has 0 bridgehead atoms. The van der Waals surface area contributed by atoms with Crippen molar-refractivity contribution in [2.24, 2.45) is 5.73 Å². The smallest absolute Gasteiger partial charge is 0.241 e. The van der Waals surface area contributed by atoms with Crippen LogP contribution in [0.1, 0.15) is 28.7 Å². The molecule has 4 N–H and O–H groups in total. The molecule has 0 unspecified atom stereocenters. The maximum absolute atomic E-state index is 11.3. The first-order valence-corrected chi connectivity index (χ1v) is 6.22. The lowest BCUT2D eigenvalue weighted by atomic mass is 10.0. The zero-order valence-electron chi connectivity index (χ0n) is 12.1. The van der Waals surface area contributed by atoms with Crippen LogP contribution in [0.15, 0.2) is 35.1 Å². The minimum absolute atomic E-state index is 0.0440. The molecule has 0 aliphatic rings. The Bertz CT molecular complexity index is 690.